The number of carbonyl (C=O) groups excluding carboxylic acids is 2. The molecule has 0 bridgehead atoms. The summed E-state index contributed by atoms with van der Waals surface area (Å²) in [5.74, 6) is 0.189. The minimum atomic E-state index is -0.737. The fraction of sp³-hybridized carbons (Fsp3) is 0.222. The Bertz CT molecular complexity index is 681. The van der Waals surface area contributed by atoms with Crippen molar-refractivity contribution in [3.8, 4) is 5.75 Å². The van der Waals surface area contributed by atoms with Crippen LogP contribution >= 0.6 is 0 Å². The largest absolute Gasteiger partial charge is 0.483 e. The van der Waals surface area contributed by atoms with Crippen molar-refractivity contribution in [2.45, 2.75) is 20.5 Å². The van der Waals surface area contributed by atoms with Gasteiger partial charge in [0.25, 0.3) is 5.91 Å². The van der Waals surface area contributed by atoms with Crippen molar-refractivity contribution in [1.82, 2.24) is 10.9 Å². The standard InChI is InChI=1S/C18H20N2O4/c1-13-7-6-8-14(2)17(13)23-12-16(21)19-20-18(22)24-11-15-9-4-3-5-10-15/h3-10H,11-12H2,1-2H3,(H,19,21)(H,20,22). The lowest BCUT2D eigenvalue weighted by Crippen LogP contribution is -2.44. The van der Waals surface area contributed by atoms with E-state index in [1.807, 2.05) is 62.4 Å². The van der Waals surface area contributed by atoms with Crippen LogP contribution < -0.4 is 15.6 Å². The molecule has 24 heavy (non-hydrogen) atoms. The lowest BCUT2D eigenvalue weighted by molar-refractivity contribution is -0.124. The zero-order valence-electron chi connectivity index (χ0n) is 13.7. The summed E-state index contributed by atoms with van der Waals surface area (Å²) < 4.78 is 10.5. The molecule has 0 radical (unpaired) electrons. The molecule has 0 fully saturated rings. The molecular formula is C18H20N2O4. The predicted octanol–water partition coefficient (Wildman–Crippen LogP) is 2.64. The van der Waals surface area contributed by atoms with Crippen LogP contribution in [0.5, 0.6) is 5.75 Å². The van der Waals surface area contributed by atoms with Gasteiger partial charge in [-0.1, -0.05) is 48.5 Å². The van der Waals surface area contributed by atoms with Crippen LogP contribution in [0.1, 0.15) is 16.7 Å². The second-order valence-electron chi connectivity index (χ2n) is 5.24. The molecule has 0 aliphatic carbocycles. The Morgan fingerprint density at radius 1 is 0.917 bits per heavy atom. The van der Waals surface area contributed by atoms with Crippen LogP contribution in [0.2, 0.25) is 0 Å². The number of ether oxygens (including phenoxy) is 2. The van der Waals surface area contributed by atoms with Crippen LogP contribution in [0.25, 0.3) is 0 Å². The predicted molar refractivity (Wildman–Crippen MR) is 89.3 cm³/mol. The SMILES string of the molecule is Cc1cccc(C)c1OCC(=O)NNC(=O)OCc1ccccc1. The molecule has 2 N–H and O–H groups in total. The third-order valence-corrected chi connectivity index (χ3v) is 3.27. The maximum absolute atomic E-state index is 11.7. The maximum Gasteiger partial charge on any atom is 0.426 e. The Balaban J connectivity index is 1.70. The Morgan fingerprint density at radius 2 is 1.58 bits per heavy atom. The van der Waals surface area contributed by atoms with Crippen molar-refractivity contribution in [1.29, 1.82) is 0 Å². The number of aryl methyl sites for hydroxylation is 2. The quantitative estimate of drug-likeness (QED) is 0.827. The molecule has 0 aliphatic heterocycles. The van der Waals surface area contributed by atoms with E-state index in [0.29, 0.717) is 5.75 Å². The average Bonchev–Trinajstić information content (AvgIpc) is 2.58. The summed E-state index contributed by atoms with van der Waals surface area (Å²) in [6, 6.07) is 15.0. The van der Waals surface area contributed by atoms with Gasteiger partial charge >= 0.3 is 6.09 Å². The lowest BCUT2D eigenvalue weighted by atomic mass is 10.1. The van der Waals surface area contributed by atoms with Gasteiger partial charge in [0.15, 0.2) is 6.61 Å². The maximum atomic E-state index is 11.7. The topological polar surface area (TPSA) is 76.7 Å². The van der Waals surface area contributed by atoms with Crippen LogP contribution in [0.4, 0.5) is 4.79 Å². The van der Waals surface area contributed by atoms with E-state index in [1.165, 1.54) is 0 Å². The van der Waals surface area contributed by atoms with Gasteiger partial charge in [-0.05, 0) is 30.5 Å². The van der Waals surface area contributed by atoms with E-state index >= 15 is 0 Å². The number of hydrazine groups is 1. The highest BCUT2D eigenvalue weighted by Crippen LogP contribution is 2.21. The molecule has 2 aromatic carbocycles. The zero-order chi connectivity index (χ0) is 17.4. The van der Waals surface area contributed by atoms with Crippen molar-refractivity contribution < 1.29 is 19.1 Å². The summed E-state index contributed by atoms with van der Waals surface area (Å²) in [7, 11) is 0. The molecule has 2 aromatic rings. The first-order chi connectivity index (χ1) is 11.6. The van der Waals surface area contributed by atoms with E-state index < -0.39 is 12.0 Å². The lowest BCUT2D eigenvalue weighted by Gasteiger charge is -2.12. The number of rotatable bonds is 5. The molecule has 0 unspecified atom stereocenters. The number of hydrogen-bond acceptors (Lipinski definition) is 4. The molecule has 0 aromatic heterocycles. The number of benzene rings is 2. The highest BCUT2D eigenvalue weighted by molar-refractivity contribution is 5.80. The first kappa shape index (κ1) is 17.3. The van der Waals surface area contributed by atoms with Gasteiger partial charge in [-0.15, -0.1) is 0 Å². The van der Waals surface area contributed by atoms with Gasteiger partial charge in [-0.3, -0.25) is 10.2 Å². The van der Waals surface area contributed by atoms with E-state index in [9.17, 15) is 9.59 Å². The summed E-state index contributed by atoms with van der Waals surface area (Å²) in [5, 5.41) is 0. The van der Waals surface area contributed by atoms with E-state index in [2.05, 4.69) is 10.9 Å². The molecule has 0 saturated carbocycles. The molecule has 2 amide bonds. The summed E-state index contributed by atoms with van der Waals surface area (Å²) in [5.41, 5.74) is 7.16. The second kappa shape index (κ2) is 8.57. The van der Waals surface area contributed by atoms with Gasteiger partial charge < -0.3 is 9.47 Å². The number of para-hydroxylation sites is 1. The Labute approximate surface area is 140 Å². The minimum Gasteiger partial charge on any atom is -0.483 e. The molecule has 0 saturated heterocycles. The highest BCUT2D eigenvalue weighted by atomic mass is 16.6. The van der Waals surface area contributed by atoms with Gasteiger partial charge in [-0.25, -0.2) is 10.2 Å². The van der Waals surface area contributed by atoms with Gasteiger partial charge in [0.1, 0.15) is 12.4 Å². The number of nitrogens with one attached hydrogen (secondary N) is 2. The van der Waals surface area contributed by atoms with Gasteiger partial charge in [0, 0.05) is 0 Å². The number of amides is 2. The molecular weight excluding hydrogens is 308 g/mol. The summed E-state index contributed by atoms with van der Waals surface area (Å²) in [6.07, 6.45) is -0.737. The molecule has 0 heterocycles. The molecule has 0 spiro atoms. The average molecular weight is 328 g/mol. The molecule has 126 valence electrons. The van der Waals surface area contributed by atoms with Crippen molar-refractivity contribution in [2.75, 3.05) is 6.61 Å². The second-order valence-corrected chi connectivity index (χ2v) is 5.24. The van der Waals surface area contributed by atoms with Crippen LogP contribution in [-0.4, -0.2) is 18.6 Å². The fourth-order valence-corrected chi connectivity index (χ4v) is 2.08. The van der Waals surface area contributed by atoms with Crippen molar-refractivity contribution >= 4 is 12.0 Å². The number of carbonyl (C=O) groups is 2. The van der Waals surface area contributed by atoms with Gasteiger partial charge in [0.2, 0.25) is 0 Å². The first-order valence-corrected chi connectivity index (χ1v) is 7.51. The normalized spacial score (nSPS) is 9.92. The Hall–Kier alpha value is -3.02. The molecule has 0 atom stereocenters. The smallest absolute Gasteiger partial charge is 0.426 e. The number of hydrogen-bond donors (Lipinski definition) is 2. The molecule has 2 rings (SSSR count). The molecule has 0 aliphatic rings. The third-order valence-electron chi connectivity index (χ3n) is 3.27. The van der Waals surface area contributed by atoms with E-state index in [1.54, 1.807) is 0 Å². The van der Waals surface area contributed by atoms with Gasteiger partial charge in [0.05, 0.1) is 0 Å². The zero-order valence-corrected chi connectivity index (χ0v) is 13.7. The van der Waals surface area contributed by atoms with E-state index in [4.69, 9.17) is 9.47 Å². The van der Waals surface area contributed by atoms with Crippen LogP contribution in [0, 0.1) is 13.8 Å². The monoisotopic (exact) mass is 328 g/mol. The highest BCUT2D eigenvalue weighted by Gasteiger charge is 2.09. The Morgan fingerprint density at radius 3 is 2.25 bits per heavy atom. The first-order valence-electron chi connectivity index (χ1n) is 7.51. The van der Waals surface area contributed by atoms with E-state index in [0.717, 1.165) is 16.7 Å². The van der Waals surface area contributed by atoms with Crippen molar-refractivity contribution in [3.05, 3.63) is 65.2 Å². The Kier molecular flexibility index (Phi) is 6.19. The summed E-state index contributed by atoms with van der Waals surface area (Å²) in [4.78, 5) is 23.2. The summed E-state index contributed by atoms with van der Waals surface area (Å²) in [6.45, 7) is 3.73. The van der Waals surface area contributed by atoms with Crippen molar-refractivity contribution in [3.63, 3.8) is 0 Å². The molecule has 6 heteroatoms. The van der Waals surface area contributed by atoms with Crippen LogP contribution in [-0.2, 0) is 16.1 Å². The van der Waals surface area contributed by atoms with Gasteiger partial charge in [-0.2, -0.15) is 0 Å². The van der Waals surface area contributed by atoms with Crippen LogP contribution in [0.3, 0.4) is 0 Å². The van der Waals surface area contributed by atoms with Crippen LogP contribution in [0.15, 0.2) is 48.5 Å². The van der Waals surface area contributed by atoms with E-state index in [-0.39, 0.29) is 13.2 Å². The fourth-order valence-electron chi connectivity index (χ4n) is 2.08. The van der Waals surface area contributed by atoms with Crippen molar-refractivity contribution in [2.24, 2.45) is 0 Å². The molecule has 6 nitrogen and oxygen atoms in total. The minimum absolute atomic E-state index is 0.126. The third kappa shape index (κ3) is 5.31. The summed E-state index contributed by atoms with van der Waals surface area (Å²) >= 11 is 0.